The molecule has 1 fully saturated rings. The van der Waals surface area contributed by atoms with Crippen molar-refractivity contribution in [3.63, 3.8) is 0 Å². The van der Waals surface area contributed by atoms with Crippen molar-refractivity contribution in [2.24, 2.45) is 5.41 Å². The van der Waals surface area contributed by atoms with Crippen LogP contribution in [0, 0.1) is 5.41 Å². The van der Waals surface area contributed by atoms with Crippen LogP contribution in [0.5, 0.6) is 0 Å². The highest BCUT2D eigenvalue weighted by molar-refractivity contribution is 7.91. The van der Waals surface area contributed by atoms with Crippen LogP contribution in [0.4, 0.5) is 0 Å². The highest BCUT2D eigenvalue weighted by Gasteiger charge is 2.33. The molecule has 3 nitrogen and oxygen atoms in total. The van der Waals surface area contributed by atoms with Gasteiger partial charge in [0.25, 0.3) is 0 Å². The zero-order valence-electron chi connectivity index (χ0n) is 12.0. The second kappa shape index (κ2) is 5.91. The van der Waals surface area contributed by atoms with Gasteiger partial charge in [-0.1, -0.05) is 27.2 Å². The van der Waals surface area contributed by atoms with E-state index in [2.05, 4.69) is 13.8 Å². The Morgan fingerprint density at radius 2 is 1.78 bits per heavy atom. The van der Waals surface area contributed by atoms with Crippen LogP contribution in [0.1, 0.15) is 65.7 Å². The molecule has 18 heavy (non-hydrogen) atoms. The Morgan fingerprint density at radius 1 is 1.11 bits per heavy atom. The predicted octanol–water partition coefficient (Wildman–Crippen LogP) is 2.92. The first-order valence-electron chi connectivity index (χ1n) is 7.11. The second-order valence-corrected chi connectivity index (χ2v) is 9.05. The number of hydrogen-bond donors (Lipinski definition) is 1. The number of aliphatic hydroxyl groups is 1. The van der Waals surface area contributed by atoms with Crippen molar-refractivity contribution in [2.75, 3.05) is 11.5 Å². The topological polar surface area (TPSA) is 54.4 Å². The van der Waals surface area contributed by atoms with E-state index in [0.717, 1.165) is 32.1 Å². The van der Waals surface area contributed by atoms with Gasteiger partial charge in [-0.25, -0.2) is 8.42 Å². The van der Waals surface area contributed by atoms with E-state index < -0.39 is 15.4 Å². The number of sulfone groups is 1. The molecule has 0 heterocycles. The first kappa shape index (κ1) is 16.0. The van der Waals surface area contributed by atoms with E-state index in [4.69, 9.17) is 0 Å². The maximum Gasteiger partial charge on any atom is 0.150 e. The zero-order valence-corrected chi connectivity index (χ0v) is 12.9. The van der Waals surface area contributed by atoms with Crippen LogP contribution in [-0.2, 0) is 9.84 Å². The summed E-state index contributed by atoms with van der Waals surface area (Å²) in [6.07, 6.45) is 6.08. The molecule has 1 aliphatic carbocycles. The van der Waals surface area contributed by atoms with Gasteiger partial charge in [-0.2, -0.15) is 0 Å². The van der Waals surface area contributed by atoms with Crippen molar-refractivity contribution in [1.29, 1.82) is 0 Å². The third-order valence-electron chi connectivity index (χ3n) is 4.30. The molecule has 0 aromatic heterocycles. The summed E-state index contributed by atoms with van der Waals surface area (Å²) in [4.78, 5) is 0. The lowest BCUT2D eigenvalue weighted by molar-refractivity contribution is 0.0135. The fourth-order valence-electron chi connectivity index (χ4n) is 2.73. The average molecular weight is 276 g/mol. The van der Waals surface area contributed by atoms with Crippen LogP contribution in [-0.4, -0.2) is 30.6 Å². The summed E-state index contributed by atoms with van der Waals surface area (Å²) in [6.45, 7) is 6.18. The molecule has 1 saturated carbocycles. The summed E-state index contributed by atoms with van der Waals surface area (Å²) in [7, 11) is -2.89. The molecule has 108 valence electrons. The molecule has 0 amide bonds. The third-order valence-corrected chi connectivity index (χ3v) is 6.09. The highest BCUT2D eigenvalue weighted by Crippen LogP contribution is 2.39. The largest absolute Gasteiger partial charge is 0.390 e. The van der Waals surface area contributed by atoms with E-state index in [9.17, 15) is 13.5 Å². The summed E-state index contributed by atoms with van der Waals surface area (Å²) in [5, 5.41) is 10.6. The lowest BCUT2D eigenvalue weighted by Crippen LogP contribution is -2.29. The van der Waals surface area contributed by atoms with Crippen molar-refractivity contribution in [3.8, 4) is 0 Å². The van der Waals surface area contributed by atoms with Gasteiger partial charge >= 0.3 is 0 Å². The molecule has 1 unspecified atom stereocenters. The van der Waals surface area contributed by atoms with Gasteiger partial charge in [-0.3, -0.25) is 0 Å². The summed E-state index contributed by atoms with van der Waals surface area (Å²) in [6, 6.07) is 0. The Kier molecular flexibility index (Phi) is 5.24. The molecule has 0 spiro atoms. The predicted molar refractivity (Wildman–Crippen MR) is 75.4 cm³/mol. The Balaban J connectivity index is 2.45. The van der Waals surface area contributed by atoms with Crippen LogP contribution in [0.15, 0.2) is 0 Å². The molecular formula is C14H28O3S. The van der Waals surface area contributed by atoms with Crippen molar-refractivity contribution in [1.82, 2.24) is 0 Å². The average Bonchev–Trinajstić information content (AvgIpc) is 2.39. The molecule has 1 N–H and O–H groups in total. The fourth-order valence-corrected chi connectivity index (χ4v) is 3.61. The van der Waals surface area contributed by atoms with Crippen LogP contribution >= 0.6 is 0 Å². The maximum atomic E-state index is 11.4. The normalized spacial score (nSPS) is 28.9. The number of rotatable bonds is 5. The van der Waals surface area contributed by atoms with Crippen LogP contribution in [0.25, 0.3) is 0 Å². The smallest absolute Gasteiger partial charge is 0.150 e. The minimum atomic E-state index is -2.89. The number of hydrogen-bond acceptors (Lipinski definition) is 3. The van der Waals surface area contributed by atoms with Gasteiger partial charge in [-0.05, 0) is 43.9 Å². The zero-order chi connectivity index (χ0) is 13.9. The van der Waals surface area contributed by atoms with E-state index in [1.54, 1.807) is 6.92 Å². The van der Waals surface area contributed by atoms with E-state index in [1.165, 1.54) is 0 Å². The molecule has 0 aliphatic heterocycles. The Morgan fingerprint density at radius 3 is 2.39 bits per heavy atom. The van der Waals surface area contributed by atoms with E-state index in [0.29, 0.717) is 18.3 Å². The summed E-state index contributed by atoms with van der Waals surface area (Å²) in [5.74, 6) is 0.424. The van der Waals surface area contributed by atoms with Gasteiger partial charge < -0.3 is 5.11 Å². The molecule has 1 aliphatic rings. The van der Waals surface area contributed by atoms with Crippen molar-refractivity contribution >= 4 is 9.84 Å². The Bertz CT molecular complexity index is 359. The first-order chi connectivity index (χ1) is 8.18. The van der Waals surface area contributed by atoms with Crippen molar-refractivity contribution in [2.45, 2.75) is 71.3 Å². The minimum Gasteiger partial charge on any atom is -0.390 e. The summed E-state index contributed by atoms with van der Waals surface area (Å²) >= 11 is 0. The summed E-state index contributed by atoms with van der Waals surface area (Å²) < 4.78 is 22.9. The van der Waals surface area contributed by atoms with Crippen molar-refractivity contribution < 1.29 is 13.5 Å². The van der Waals surface area contributed by atoms with Gasteiger partial charge in [-0.15, -0.1) is 0 Å². The molecular weight excluding hydrogens is 248 g/mol. The first-order valence-corrected chi connectivity index (χ1v) is 8.93. The fraction of sp³-hybridized carbons (Fsp3) is 1.00. The van der Waals surface area contributed by atoms with Gasteiger partial charge in [0.05, 0.1) is 11.4 Å². The molecule has 0 bridgehead atoms. The lowest BCUT2D eigenvalue weighted by Gasteiger charge is -2.28. The molecule has 0 aromatic carbocycles. The van der Waals surface area contributed by atoms with Gasteiger partial charge in [0, 0.05) is 5.75 Å². The molecule has 0 aromatic rings. The van der Waals surface area contributed by atoms with Gasteiger partial charge in [0.1, 0.15) is 9.84 Å². The van der Waals surface area contributed by atoms with Gasteiger partial charge in [0.15, 0.2) is 0 Å². The lowest BCUT2D eigenvalue weighted by atomic mass is 9.83. The van der Waals surface area contributed by atoms with E-state index >= 15 is 0 Å². The molecule has 1 rings (SSSR count). The molecule has 4 heteroatoms. The van der Waals surface area contributed by atoms with Crippen molar-refractivity contribution in [3.05, 3.63) is 0 Å². The monoisotopic (exact) mass is 276 g/mol. The molecule has 0 radical (unpaired) electrons. The summed E-state index contributed by atoms with van der Waals surface area (Å²) in [5.41, 5.74) is -0.309. The maximum absolute atomic E-state index is 11.4. The van der Waals surface area contributed by atoms with E-state index in [-0.39, 0.29) is 11.5 Å². The standard InChI is InChI=1S/C14H28O3S/c1-4-18(16,17)12-6-9-14(15)8-5-7-13(2,3)10-11-14/h15H,4-12H2,1-3H3. The quantitative estimate of drug-likeness (QED) is 0.786. The SMILES string of the molecule is CCS(=O)(=O)CCCC1(O)CCCC(C)(C)CC1. The van der Waals surface area contributed by atoms with Crippen LogP contribution < -0.4 is 0 Å². The molecule has 1 atom stereocenters. The highest BCUT2D eigenvalue weighted by atomic mass is 32.2. The Labute approximate surface area is 112 Å². The van der Waals surface area contributed by atoms with Crippen LogP contribution in [0.3, 0.4) is 0 Å². The van der Waals surface area contributed by atoms with E-state index in [1.807, 2.05) is 0 Å². The van der Waals surface area contributed by atoms with Crippen LogP contribution in [0.2, 0.25) is 0 Å². The Hall–Kier alpha value is -0.0900. The van der Waals surface area contributed by atoms with Gasteiger partial charge in [0.2, 0.25) is 0 Å². The minimum absolute atomic E-state index is 0.207. The second-order valence-electron chi connectivity index (χ2n) is 6.58. The molecule has 0 saturated heterocycles. The third kappa shape index (κ3) is 5.27.